The van der Waals surface area contributed by atoms with E-state index in [-0.39, 0.29) is 22.0 Å². The Hall–Kier alpha value is -1.14. The van der Waals surface area contributed by atoms with E-state index in [9.17, 15) is 9.59 Å². The van der Waals surface area contributed by atoms with Gasteiger partial charge in [-0.15, -0.1) is 23.5 Å². The molecule has 6 heteroatoms. The Bertz CT molecular complexity index is 734. The summed E-state index contributed by atoms with van der Waals surface area (Å²) in [7, 11) is 1.45. The van der Waals surface area contributed by atoms with Crippen LogP contribution >= 0.6 is 23.5 Å². The van der Waals surface area contributed by atoms with Gasteiger partial charge in [0.2, 0.25) is 5.91 Å². The molecule has 3 atom stereocenters. The lowest BCUT2D eigenvalue weighted by Crippen LogP contribution is -2.51. The third-order valence-electron chi connectivity index (χ3n) is 6.81. The predicted molar refractivity (Wildman–Crippen MR) is 106 cm³/mol. The fourth-order valence-electron chi connectivity index (χ4n) is 5.18. The van der Waals surface area contributed by atoms with Crippen LogP contribution in [0.15, 0.2) is 30.3 Å². The molecule has 0 radical (unpaired) electrons. The molecular formula is C20H25NO3S2. The first-order valence-electron chi connectivity index (χ1n) is 9.14. The van der Waals surface area contributed by atoms with Crippen LogP contribution in [0.2, 0.25) is 0 Å². The summed E-state index contributed by atoms with van der Waals surface area (Å²) in [4.78, 5) is 28.7. The molecule has 26 heavy (non-hydrogen) atoms. The first-order chi connectivity index (χ1) is 12.4. The van der Waals surface area contributed by atoms with E-state index >= 15 is 0 Å². The average molecular weight is 392 g/mol. The normalized spacial score (nSPS) is 33.5. The molecule has 3 fully saturated rings. The highest BCUT2D eigenvalue weighted by Gasteiger charge is 2.78. The zero-order chi connectivity index (χ0) is 18.6. The highest BCUT2D eigenvalue weighted by molar-refractivity contribution is 8.21. The second-order valence-corrected chi connectivity index (χ2v) is 10.7. The van der Waals surface area contributed by atoms with Crippen LogP contribution < -0.4 is 0 Å². The Morgan fingerprint density at radius 1 is 1.19 bits per heavy atom. The highest BCUT2D eigenvalue weighted by Crippen LogP contribution is 2.73. The first kappa shape index (κ1) is 18.2. The second-order valence-electron chi connectivity index (χ2n) is 7.67. The van der Waals surface area contributed by atoms with Gasteiger partial charge < -0.3 is 9.64 Å². The van der Waals surface area contributed by atoms with E-state index in [0.29, 0.717) is 6.54 Å². The number of carbonyl (C=O) groups excluding carboxylic acids is 2. The van der Waals surface area contributed by atoms with Gasteiger partial charge in [-0.3, -0.25) is 9.59 Å². The maximum absolute atomic E-state index is 13.8. The zero-order valence-electron chi connectivity index (χ0n) is 15.5. The molecule has 1 spiro atoms. The van der Waals surface area contributed by atoms with E-state index in [2.05, 4.69) is 6.92 Å². The number of esters is 1. The van der Waals surface area contributed by atoms with Gasteiger partial charge in [0.1, 0.15) is 5.41 Å². The average Bonchev–Trinajstić information content (AvgIpc) is 3.31. The van der Waals surface area contributed by atoms with Crippen molar-refractivity contribution in [3.8, 4) is 0 Å². The minimum Gasteiger partial charge on any atom is -0.469 e. The summed E-state index contributed by atoms with van der Waals surface area (Å²) in [6.07, 6.45) is 1.62. The van der Waals surface area contributed by atoms with Crippen LogP contribution in [-0.2, 0) is 14.3 Å². The summed E-state index contributed by atoms with van der Waals surface area (Å²) < 4.78 is 5.05. The van der Waals surface area contributed by atoms with Crippen molar-refractivity contribution in [1.82, 2.24) is 4.90 Å². The van der Waals surface area contributed by atoms with Gasteiger partial charge in [-0.05, 0) is 32.3 Å². The van der Waals surface area contributed by atoms with Gasteiger partial charge in [0.05, 0.1) is 22.6 Å². The summed E-state index contributed by atoms with van der Waals surface area (Å²) >= 11 is 3.75. The van der Waals surface area contributed by atoms with Gasteiger partial charge in [-0.1, -0.05) is 30.3 Å². The third kappa shape index (κ3) is 2.12. The Morgan fingerprint density at radius 3 is 2.46 bits per heavy atom. The molecule has 1 aromatic carbocycles. The molecule has 2 heterocycles. The molecule has 0 N–H and O–H groups in total. The van der Waals surface area contributed by atoms with E-state index in [1.807, 2.05) is 65.7 Å². The number of likely N-dealkylation sites (tertiary alicyclic amines) is 1. The highest BCUT2D eigenvalue weighted by atomic mass is 32.2. The number of hydrogen-bond acceptors (Lipinski definition) is 5. The first-order valence-corrected chi connectivity index (χ1v) is 11.1. The van der Waals surface area contributed by atoms with Crippen molar-refractivity contribution in [3.63, 3.8) is 0 Å². The van der Waals surface area contributed by atoms with E-state index in [4.69, 9.17) is 4.74 Å². The van der Waals surface area contributed by atoms with Crippen LogP contribution in [0.25, 0.3) is 0 Å². The van der Waals surface area contributed by atoms with Gasteiger partial charge in [-0.2, -0.15) is 0 Å². The zero-order valence-corrected chi connectivity index (χ0v) is 17.1. The number of carbonyl (C=O) groups is 2. The van der Waals surface area contributed by atoms with Gasteiger partial charge in [0.25, 0.3) is 0 Å². The van der Waals surface area contributed by atoms with Crippen molar-refractivity contribution in [3.05, 3.63) is 35.9 Å². The summed E-state index contributed by atoms with van der Waals surface area (Å²) in [5.41, 5.74) is -0.362. The number of amides is 1. The van der Waals surface area contributed by atoms with Crippen LogP contribution in [0.3, 0.4) is 0 Å². The molecule has 1 aliphatic carbocycles. The van der Waals surface area contributed by atoms with Crippen LogP contribution in [-0.4, -0.2) is 46.0 Å². The standard InChI is InChI=1S/C20H25NO3S2/c1-14(15-7-5-4-6-8-15)21-13-19(17(23)24-3)9-10-20(25-11-12-26-20)18(19,2)16(21)22/h4-8,14H,9-13H2,1-3H3/t14-,18-,19+/m1/s1. The number of ether oxygens (including phenoxy) is 1. The molecule has 0 aromatic heterocycles. The largest absolute Gasteiger partial charge is 0.469 e. The fraction of sp³-hybridized carbons (Fsp3) is 0.600. The SMILES string of the molecule is COC(=O)[C@@]12CCC3(SCCS3)[C@]1(C)C(=O)N([C@H](C)c1ccccc1)C2. The topological polar surface area (TPSA) is 46.6 Å². The Balaban J connectivity index is 1.79. The van der Waals surface area contributed by atoms with E-state index in [1.165, 1.54) is 7.11 Å². The second kappa shape index (κ2) is 6.20. The number of thioether (sulfide) groups is 2. The molecule has 4 rings (SSSR count). The van der Waals surface area contributed by atoms with Crippen LogP contribution in [0.1, 0.15) is 38.3 Å². The number of methoxy groups -OCH3 is 1. The summed E-state index contributed by atoms with van der Waals surface area (Å²) in [5, 5.41) is 0. The molecule has 3 aliphatic rings. The molecule has 0 bridgehead atoms. The number of hydrogen-bond donors (Lipinski definition) is 0. The monoisotopic (exact) mass is 391 g/mol. The van der Waals surface area contributed by atoms with Crippen LogP contribution in [0.5, 0.6) is 0 Å². The lowest BCUT2D eigenvalue weighted by molar-refractivity contribution is -0.158. The van der Waals surface area contributed by atoms with Gasteiger partial charge in [-0.25, -0.2) is 0 Å². The van der Waals surface area contributed by atoms with Crippen LogP contribution in [0.4, 0.5) is 0 Å². The fourth-order valence-corrected chi connectivity index (χ4v) is 8.97. The van der Waals surface area contributed by atoms with Crippen molar-refractivity contribution in [1.29, 1.82) is 0 Å². The van der Waals surface area contributed by atoms with Crippen molar-refractivity contribution in [2.75, 3.05) is 25.2 Å². The molecule has 1 amide bonds. The summed E-state index contributed by atoms with van der Waals surface area (Å²) in [6, 6.07) is 10.0. The maximum Gasteiger partial charge on any atom is 0.314 e. The van der Waals surface area contributed by atoms with Crippen molar-refractivity contribution >= 4 is 35.4 Å². The minimum absolute atomic E-state index is 0.0545. The lowest BCUT2D eigenvalue weighted by atomic mass is 9.68. The maximum atomic E-state index is 13.8. The Labute approximate surface area is 163 Å². The van der Waals surface area contributed by atoms with Crippen LogP contribution in [0, 0.1) is 10.8 Å². The molecular weight excluding hydrogens is 366 g/mol. The Kier molecular flexibility index (Phi) is 4.35. The lowest BCUT2D eigenvalue weighted by Gasteiger charge is -2.41. The van der Waals surface area contributed by atoms with Crippen molar-refractivity contribution in [2.24, 2.45) is 10.8 Å². The summed E-state index contributed by atoms with van der Waals surface area (Å²) in [5.74, 6) is 1.97. The van der Waals surface area contributed by atoms with Crippen molar-refractivity contribution < 1.29 is 14.3 Å². The predicted octanol–water partition coefficient (Wildman–Crippen LogP) is 3.73. The summed E-state index contributed by atoms with van der Waals surface area (Å²) in [6.45, 7) is 4.54. The molecule has 0 unspecified atom stereocenters. The Morgan fingerprint density at radius 2 is 1.85 bits per heavy atom. The number of fused-ring (bicyclic) bond motifs is 2. The smallest absolute Gasteiger partial charge is 0.314 e. The van der Waals surface area contributed by atoms with Gasteiger partial charge in [0, 0.05) is 18.1 Å². The third-order valence-corrected chi connectivity index (χ3v) is 10.7. The van der Waals surface area contributed by atoms with E-state index in [1.54, 1.807) is 0 Å². The number of nitrogens with zero attached hydrogens (tertiary/aromatic N) is 1. The molecule has 2 saturated heterocycles. The number of rotatable bonds is 3. The molecule has 2 aliphatic heterocycles. The molecule has 1 saturated carbocycles. The van der Waals surface area contributed by atoms with E-state index in [0.717, 1.165) is 29.9 Å². The minimum atomic E-state index is -0.744. The molecule has 140 valence electrons. The van der Waals surface area contributed by atoms with Gasteiger partial charge in [0.15, 0.2) is 0 Å². The van der Waals surface area contributed by atoms with Gasteiger partial charge >= 0.3 is 5.97 Å². The molecule has 4 nitrogen and oxygen atoms in total. The molecule has 1 aromatic rings. The quantitative estimate of drug-likeness (QED) is 0.735. The van der Waals surface area contributed by atoms with Crippen molar-refractivity contribution in [2.45, 2.75) is 36.8 Å². The number of benzene rings is 1. The van der Waals surface area contributed by atoms with E-state index < -0.39 is 10.8 Å².